The Morgan fingerprint density at radius 2 is 1.85 bits per heavy atom. The highest BCUT2D eigenvalue weighted by Gasteiger charge is 2.19. The zero-order chi connectivity index (χ0) is 23.4. The highest BCUT2D eigenvalue weighted by atomic mass is 19.1. The number of carbonyl (C=O) groups excluding carboxylic acids is 1. The van der Waals surface area contributed by atoms with Crippen LogP contribution in [0.5, 0.6) is 5.75 Å². The van der Waals surface area contributed by atoms with E-state index in [1.165, 1.54) is 25.6 Å². The molecule has 0 bridgehead atoms. The lowest BCUT2D eigenvalue weighted by Gasteiger charge is -2.34. The van der Waals surface area contributed by atoms with Gasteiger partial charge in [0.1, 0.15) is 17.0 Å². The van der Waals surface area contributed by atoms with E-state index in [4.69, 9.17) is 4.74 Å². The van der Waals surface area contributed by atoms with Gasteiger partial charge >= 0.3 is 0 Å². The fourth-order valence-electron chi connectivity index (χ4n) is 3.64. The lowest BCUT2D eigenvalue weighted by atomic mass is 10.2. The molecule has 33 heavy (non-hydrogen) atoms. The normalized spacial score (nSPS) is 14.1. The zero-order valence-electron chi connectivity index (χ0n) is 18.4. The first-order valence-electron chi connectivity index (χ1n) is 10.5. The number of nitrogens with zero attached hydrogens (tertiary/aromatic N) is 3. The molecular weight excluding hydrogens is 427 g/mol. The largest absolute Gasteiger partial charge is 0.494 e. The number of rotatable bonds is 6. The van der Waals surface area contributed by atoms with Gasteiger partial charge in [-0.1, -0.05) is 0 Å². The van der Waals surface area contributed by atoms with Crippen molar-refractivity contribution < 1.29 is 13.9 Å². The van der Waals surface area contributed by atoms with Gasteiger partial charge in [-0.25, -0.2) is 4.98 Å². The number of H-pyrrole nitrogens is 1. The van der Waals surface area contributed by atoms with Gasteiger partial charge in [0.05, 0.1) is 19.0 Å². The molecule has 0 saturated carbocycles. The number of ether oxygens (including phenoxy) is 1. The molecule has 2 aromatic heterocycles. The second kappa shape index (κ2) is 9.70. The number of carbonyl (C=O) groups is 1. The van der Waals surface area contributed by atoms with Crippen molar-refractivity contribution in [3.8, 4) is 5.75 Å². The van der Waals surface area contributed by atoms with Gasteiger partial charge in [-0.2, -0.15) is 4.39 Å². The number of aromatic nitrogens is 2. The first-order chi connectivity index (χ1) is 15.9. The number of aromatic amines is 1. The lowest BCUT2D eigenvalue weighted by Crippen LogP contribution is -2.44. The number of hydrogen-bond donors (Lipinski definition) is 3. The zero-order valence-corrected chi connectivity index (χ0v) is 18.4. The van der Waals surface area contributed by atoms with E-state index < -0.39 is 17.4 Å². The Hall–Kier alpha value is -3.92. The molecular formula is C23H25FN6O3. The quantitative estimate of drug-likeness (QED) is 0.494. The van der Waals surface area contributed by atoms with E-state index in [2.05, 4.69) is 37.4 Å². The monoisotopic (exact) mass is 452 g/mol. The van der Waals surface area contributed by atoms with Crippen molar-refractivity contribution in [3.05, 3.63) is 70.7 Å². The van der Waals surface area contributed by atoms with E-state index in [9.17, 15) is 14.0 Å². The number of likely N-dealkylation sites (N-methyl/N-ethyl adjacent to an activating group) is 1. The minimum Gasteiger partial charge on any atom is -0.494 e. The average molecular weight is 452 g/mol. The highest BCUT2D eigenvalue weighted by Crippen LogP contribution is 2.28. The summed E-state index contributed by atoms with van der Waals surface area (Å²) in [6.07, 6.45) is 2.64. The van der Waals surface area contributed by atoms with Crippen LogP contribution in [0.3, 0.4) is 0 Å². The van der Waals surface area contributed by atoms with Crippen molar-refractivity contribution >= 4 is 28.7 Å². The van der Waals surface area contributed by atoms with Gasteiger partial charge < -0.3 is 30.2 Å². The van der Waals surface area contributed by atoms with Crippen LogP contribution in [0.25, 0.3) is 0 Å². The summed E-state index contributed by atoms with van der Waals surface area (Å²) in [7, 11) is 3.49. The van der Waals surface area contributed by atoms with Crippen molar-refractivity contribution in [3.63, 3.8) is 0 Å². The molecule has 172 valence electrons. The highest BCUT2D eigenvalue weighted by molar-refractivity contribution is 6.08. The molecule has 0 radical (unpaired) electrons. The molecule has 1 amide bonds. The summed E-state index contributed by atoms with van der Waals surface area (Å²) in [4.78, 5) is 36.2. The number of benzene rings is 1. The van der Waals surface area contributed by atoms with E-state index >= 15 is 0 Å². The SMILES string of the molecule is COc1cc(F)ncc1Nc1cc[nH]c(=O)c1C(=O)Nc1ccc(N2CCN(C)CC2)cc1. The van der Waals surface area contributed by atoms with Crippen LogP contribution >= 0.6 is 0 Å². The van der Waals surface area contributed by atoms with Crippen LogP contribution in [0.2, 0.25) is 0 Å². The van der Waals surface area contributed by atoms with Crippen molar-refractivity contribution in [2.24, 2.45) is 0 Å². The molecule has 1 fully saturated rings. The molecule has 1 aliphatic heterocycles. The maximum Gasteiger partial charge on any atom is 0.263 e. The summed E-state index contributed by atoms with van der Waals surface area (Å²) in [5.41, 5.74) is 1.50. The van der Waals surface area contributed by atoms with Gasteiger partial charge in [0, 0.05) is 49.8 Å². The fourth-order valence-corrected chi connectivity index (χ4v) is 3.64. The minimum absolute atomic E-state index is 0.118. The minimum atomic E-state index is -0.707. The molecule has 3 aromatic rings. The third-order valence-corrected chi connectivity index (χ3v) is 5.50. The van der Waals surface area contributed by atoms with Crippen molar-refractivity contribution in [1.82, 2.24) is 14.9 Å². The van der Waals surface area contributed by atoms with Gasteiger partial charge in [0.25, 0.3) is 11.5 Å². The molecule has 10 heteroatoms. The number of nitrogens with one attached hydrogen (secondary N) is 3. The molecule has 0 unspecified atom stereocenters. The number of anilines is 4. The van der Waals surface area contributed by atoms with E-state index in [0.29, 0.717) is 11.4 Å². The number of pyridine rings is 2. The summed E-state index contributed by atoms with van der Waals surface area (Å²) < 4.78 is 18.6. The molecule has 0 atom stereocenters. The Morgan fingerprint density at radius 1 is 1.12 bits per heavy atom. The predicted molar refractivity (Wildman–Crippen MR) is 125 cm³/mol. The number of methoxy groups -OCH3 is 1. The van der Waals surface area contributed by atoms with Crippen molar-refractivity contribution in [2.45, 2.75) is 0 Å². The van der Waals surface area contributed by atoms with Crippen molar-refractivity contribution in [1.29, 1.82) is 0 Å². The Kier molecular flexibility index (Phi) is 6.55. The molecule has 1 aliphatic rings. The fraction of sp³-hybridized carbons (Fsp3) is 0.261. The smallest absolute Gasteiger partial charge is 0.263 e. The first kappa shape index (κ1) is 22.3. The third kappa shape index (κ3) is 5.12. The lowest BCUT2D eigenvalue weighted by molar-refractivity contribution is 0.102. The van der Waals surface area contributed by atoms with Crippen LogP contribution < -0.4 is 25.8 Å². The summed E-state index contributed by atoms with van der Waals surface area (Å²) in [5, 5.41) is 5.70. The first-order valence-corrected chi connectivity index (χ1v) is 10.5. The van der Waals surface area contributed by atoms with Crippen LogP contribution in [0.1, 0.15) is 10.4 Å². The molecule has 9 nitrogen and oxygen atoms in total. The van der Waals surface area contributed by atoms with Gasteiger partial charge in [-0.05, 0) is 37.4 Å². The molecule has 0 spiro atoms. The summed E-state index contributed by atoms with van der Waals surface area (Å²) >= 11 is 0. The van der Waals surface area contributed by atoms with Gasteiger partial charge in [-0.3, -0.25) is 9.59 Å². The summed E-state index contributed by atoms with van der Waals surface area (Å²) in [6.45, 7) is 3.88. The summed E-state index contributed by atoms with van der Waals surface area (Å²) in [6, 6.07) is 10.2. The maximum absolute atomic E-state index is 13.4. The Morgan fingerprint density at radius 3 is 2.55 bits per heavy atom. The van der Waals surface area contributed by atoms with Crippen LogP contribution in [-0.4, -0.2) is 61.1 Å². The second-order valence-corrected chi connectivity index (χ2v) is 7.72. The number of amides is 1. The van der Waals surface area contributed by atoms with E-state index in [1.807, 2.05) is 24.3 Å². The molecule has 0 aliphatic carbocycles. The number of halogens is 1. The van der Waals surface area contributed by atoms with E-state index in [0.717, 1.165) is 37.9 Å². The van der Waals surface area contributed by atoms with Gasteiger partial charge in [0.15, 0.2) is 0 Å². The molecule has 1 saturated heterocycles. The molecule has 3 N–H and O–H groups in total. The summed E-state index contributed by atoms with van der Waals surface area (Å²) in [5.74, 6) is -1.10. The molecule has 1 aromatic carbocycles. The maximum atomic E-state index is 13.4. The predicted octanol–water partition coefficient (Wildman–Crippen LogP) is 2.67. The van der Waals surface area contributed by atoms with Gasteiger partial charge in [-0.15, -0.1) is 0 Å². The van der Waals surface area contributed by atoms with Crippen LogP contribution in [0, 0.1) is 5.95 Å². The van der Waals surface area contributed by atoms with Crippen molar-refractivity contribution in [2.75, 3.05) is 55.9 Å². The number of piperazine rings is 1. The molecule has 4 rings (SSSR count). The Balaban J connectivity index is 1.52. The topological polar surface area (TPSA) is 103 Å². The van der Waals surface area contributed by atoms with E-state index in [-0.39, 0.29) is 17.0 Å². The van der Waals surface area contributed by atoms with E-state index in [1.54, 1.807) is 0 Å². The Bertz CT molecular complexity index is 1190. The molecule has 3 heterocycles. The Labute approximate surface area is 190 Å². The average Bonchev–Trinajstić information content (AvgIpc) is 2.81. The number of hydrogen-bond acceptors (Lipinski definition) is 7. The van der Waals surface area contributed by atoms with Crippen LogP contribution in [-0.2, 0) is 0 Å². The van der Waals surface area contributed by atoms with Crippen LogP contribution in [0.4, 0.5) is 27.1 Å². The second-order valence-electron chi connectivity index (χ2n) is 7.72. The standard InChI is InChI=1S/C23H25FN6O3/c1-29-9-11-30(12-10-29)16-5-3-15(4-6-16)27-23(32)21-17(7-8-25-22(21)31)28-18-14-26-20(24)13-19(18)33-2/h3-8,13-14H,9-12H2,1-2H3,(H,27,32)(H2,25,28,31). The van der Waals surface area contributed by atoms with Crippen LogP contribution in [0.15, 0.2) is 53.6 Å². The third-order valence-electron chi connectivity index (χ3n) is 5.50. The van der Waals surface area contributed by atoms with Gasteiger partial charge in [0.2, 0.25) is 5.95 Å².